The molecule has 2 aromatic carbocycles. The van der Waals surface area contributed by atoms with Crippen molar-refractivity contribution in [3.63, 3.8) is 0 Å². The van der Waals surface area contributed by atoms with E-state index >= 15 is 0 Å². The molecule has 0 aromatic heterocycles. The Morgan fingerprint density at radius 3 is 2.77 bits per heavy atom. The normalized spacial score (nSPS) is 13.3. The molecule has 3 rings (SSSR count). The molecule has 0 atom stereocenters. The third-order valence-corrected chi connectivity index (χ3v) is 5.23. The molecule has 0 unspecified atom stereocenters. The van der Waals surface area contributed by atoms with Crippen LogP contribution in [0.3, 0.4) is 0 Å². The molecule has 0 saturated carbocycles. The fourth-order valence-electron chi connectivity index (χ4n) is 2.83. The van der Waals surface area contributed by atoms with Crippen molar-refractivity contribution in [1.29, 1.82) is 0 Å². The van der Waals surface area contributed by atoms with Crippen LogP contribution in [0.4, 0.5) is 14.5 Å². The van der Waals surface area contributed by atoms with E-state index in [4.69, 9.17) is 9.47 Å². The van der Waals surface area contributed by atoms with E-state index in [1.54, 1.807) is 16.7 Å². The van der Waals surface area contributed by atoms with E-state index in [9.17, 15) is 18.4 Å². The molecule has 1 heterocycles. The number of ether oxygens (including phenoxy) is 3. The summed E-state index contributed by atoms with van der Waals surface area (Å²) in [5.74, 6) is -0.251. The van der Waals surface area contributed by atoms with Crippen molar-refractivity contribution in [2.45, 2.75) is 11.5 Å². The van der Waals surface area contributed by atoms with Gasteiger partial charge in [-0.3, -0.25) is 4.79 Å². The minimum Gasteiger partial charge on any atom is -0.493 e. The summed E-state index contributed by atoms with van der Waals surface area (Å²) in [6.45, 7) is -2.81. The van der Waals surface area contributed by atoms with Crippen molar-refractivity contribution in [3.05, 3.63) is 54.1 Å². The molecule has 1 aliphatic heterocycles. The van der Waals surface area contributed by atoms with Crippen LogP contribution < -0.4 is 14.4 Å². The fraction of sp³-hybridized carbons (Fsp3) is 0.238. The van der Waals surface area contributed by atoms with Gasteiger partial charge in [-0.1, -0.05) is 18.2 Å². The number of benzene rings is 2. The van der Waals surface area contributed by atoms with E-state index in [0.29, 0.717) is 12.1 Å². The Hall–Kier alpha value is -3.07. The third-order valence-electron chi connectivity index (χ3n) is 4.18. The van der Waals surface area contributed by atoms with Crippen molar-refractivity contribution in [2.24, 2.45) is 0 Å². The van der Waals surface area contributed by atoms with Crippen LogP contribution in [-0.2, 0) is 14.3 Å². The highest BCUT2D eigenvalue weighted by molar-refractivity contribution is 7.99. The summed E-state index contributed by atoms with van der Waals surface area (Å²) < 4.78 is 39.1. The Morgan fingerprint density at radius 1 is 1.20 bits per heavy atom. The number of anilines is 1. The number of alkyl halides is 2. The maximum absolute atomic E-state index is 12.5. The van der Waals surface area contributed by atoms with Crippen LogP contribution >= 0.6 is 11.8 Å². The number of carbonyl (C=O) groups is 2. The minimum absolute atomic E-state index is 0.0997. The number of nitrogens with zero attached hydrogens (tertiary/aromatic N) is 1. The molecule has 0 saturated heterocycles. The average molecular weight is 435 g/mol. The predicted octanol–water partition coefficient (Wildman–Crippen LogP) is 3.99. The van der Waals surface area contributed by atoms with Gasteiger partial charge in [-0.25, -0.2) is 4.79 Å². The number of hydrogen-bond acceptors (Lipinski definition) is 6. The topological polar surface area (TPSA) is 65.1 Å². The van der Waals surface area contributed by atoms with Gasteiger partial charge in [0.1, 0.15) is 0 Å². The highest BCUT2D eigenvalue weighted by Gasteiger charge is 2.23. The molecule has 9 heteroatoms. The largest absolute Gasteiger partial charge is 0.493 e. The summed E-state index contributed by atoms with van der Waals surface area (Å²) in [5.41, 5.74) is 1.32. The molecule has 0 radical (unpaired) electrons. The Labute approximate surface area is 176 Å². The Kier molecular flexibility index (Phi) is 7.29. The molecule has 0 spiro atoms. The van der Waals surface area contributed by atoms with E-state index in [1.165, 1.54) is 31.4 Å². The van der Waals surface area contributed by atoms with Gasteiger partial charge in [-0.05, 0) is 35.9 Å². The van der Waals surface area contributed by atoms with Crippen LogP contribution in [0.15, 0.2) is 53.4 Å². The number of para-hydroxylation sites is 1. The summed E-state index contributed by atoms with van der Waals surface area (Å²) in [6, 6.07) is 11.8. The van der Waals surface area contributed by atoms with Gasteiger partial charge in [0.2, 0.25) is 0 Å². The first kappa shape index (κ1) is 21.6. The molecular weight excluding hydrogens is 416 g/mol. The van der Waals surface area contributed by atoms with Crippen LogP contribution in [0.1, 0.15) is 5.56 Å². The third kappa shape index (κ3) is 5.50. The monoisotopic (exact) mass is 435 g/mol. The number of fused-ring (bicyclic) bond motifs is 1. The van der Waals surface area contributed by atoms with Gasteiger partial charge >= 0.3 is 12.6 Å². The number of amides is 1. The number of thioether (sulfide) groups is 1. The van der Waals surface area contributed by atoms with E-state index < -0.39 is 12.6 Å². The summed E-state index contributed by atoms with van der Waals surface area (Å²) >= 11 is 1.67. The van der Waals surface area contributed by atoms with Crippen molar-refractivity contribution < 1.29 is 32.6 Å². The van der Waals surface area contributed by atoms with Gasteiger partial charge in [0.25, 0.3) is 5.91 Å². The molecule has 6 nitrogen and oxygen atoms in total. The minimum atomic E-state index is -2.97. The van der Waals surface area contributed by atoms with Gasteiger partial charge in [0.15, 0.2) is 18.1 Å². The quantitative estimate of drug-likeness (QED) is 0.484. The first-order valence-corrected chi connectivity index (χ1v) is 9.96. The highest BCUT2D eigenvalue weighted by atomic mass is 32.2. The van der Waals surface area contributed by atoms with Crippen molar-refractivity contribution in [3.8, 4) is 11.5 Å². The zero-order chi connectivity index (χ0) is 21.5. The number of rotatable bonds is 7. The molecular formula is C21H19F2NO5S. The number of methoxy groups -OCH3 is 1. The van der Waals surface area contributed by atoms with Crippen molar-refractivity contribution >= 4 is 35.4 Å². The second kappa shape index (κ2) is 10.1. The lowest BCUT2D eigenvalue weighted by Gasteiger charge is -2.28. The summed E-state index contributed by atoms with van der Waals surface area (Å²) in [6.07, 6.45) is 2.57. The molecule has 0 N–H and O–H groups in total. The van der Waals surface area contributed by atoms with Crippen molar-refractivity contribution in [1.82, 2.24) is 0 Å². The Balaban J connectivity index is 1.57. The second-order valence-electron chi connectivity index (χ2n) is 6.09. The molecule has 158 valence electrons. The maximum atomic E-state index is 12.5. The average Bonchev–Trinajstić information content (AvgIpc) is 2.75. The Bertz CT molecular complexity index is 951. The van der Waals surface area contributed by atoms with Crippen molar-refractivity contribution in [2.75, 3.05) is 30.9 Å². The van der Waals surface area contributed by atoms with Gasteiger partial charge in [-0.2, -0.15) is 8.78 Å². The summed E-state index contributed by atoms with van der Waals surface area (Å²) in [5, 5.41) is 0. The molecule has 1 amide bonds. The lowest BCUT2D eigenvalue weighted by atomic mass is 10.2. The molecule has 1 aliphatic rings. The first-order chi connectivity index (χ1) is 14.5. The van der Waals surface area contributed by atoms with E-state index in [0.717, 1.165) is 22.4 Å². The van der Waals surface area contributed by atoms with Crippen LogP contribution in [-0.4, -0.2) is 44.5 Å². The van der Waals surface area contributed by atoms with Crippen LogP contribution in [0.25, 0.3) is 6.08 Å². The summed E-state index contributed by atoms with van der Waals surface area (Å²) in [4.78, 5) is 27.1. The zero-order valence-corrected chi connectivity index (χ0v) is 16.9. The predicted molar refractivity (Wildman–Crippen MR) is 109 cm³/mol. The van der Waals surface area contributed by atoms with E-state index in [2.05, 4.69) is 4.74 Å². The summed E-state index contributed by atoms with van der Waals surface area (Å²) in [7, 11) is 1.32. The Morgan fingerprint density at radius 2 is 2.00 bits per heavy atom. The fourth-order valence-corrected chi connectivity index (χ4v) is 3.83. The molecule has 0 aliphatic carbocycles. The number of hydrogen-bond donors (Lipinski definition) is 0. The van der Waals surface area contributed by atoms with Gasteiger partial charge < -0.3 is 19.1 Å². The van der Waals surface area contributed by atoms with Gasteiger partial charge in [0, 0.05) is 23.3 Å². The standard InChI is InChI=1S/C21H19F2NO5S/c1-27-17-12-14(6-8-16(17)29-21(22)23)7-9-20(26)28-13-19(25)24-10-11-30-18-5-3-2-4-15(18)24/h2-9,12,21H,10-11,13H2,1H3/b9-7+. The maximum Gasteiger partial charge on any atom is 0.387 e. The number of esters is 1. The van der Waals surface area contributed by atoms with E-state index in [1.807, 2.05) is 24.3 Å². The number of carbonyl (C=O) groups excluding carboxylic acids is 2. The molecule has 30 heavy (non-hydrogen) atoms. The molecule has 0 bridgehead atoms. The van der Waals surface area contributed by atoms with E-state index in [-0.39, 0.29) is 24.0 Å². The SMILES string of the molecule is COc1cc(/C=C/C(=O)OCC(=O)N2CCSc3ccccc32)ccc1OC(F)F. The van der Waals surface area contributed by atoms with Crippen LogP contribution in [0.5, 0.6) is 11.5 Å². The smallest absolute Gasteiger partial charge is 0.387 e. The van der Waals surface area contributed by atoms with Crippen LogP contribution in [0.2, 0.25) is 0 Å². The van der Waals surface area contributed by atoms with Gasteiger partial charge in [-0.15, -0.1) is 11.8 Å². The lowest BCUT2D eigenvalue weighted by molar-refractivity contribution is -0.142. The lowest BCUT2D eigenvalue weighted by Crippen LogP contribution is -2.38. The first-order valence-electron chi connectivity index (χ1n) is 8.98. The zero-order valence-electron chi connectivity index (χ0n) is 16.0. The van der Waals surface area contributed by atoms with Gasteiger partial charge in [0.05, 0.1) is 12.8 Å². The van der Waals surface area contributed by atoms with Crippen LogP contribution in [0, 0.1) is 0 Å². The second-order valence-corrected chi connectivity index (χ2v) is 7.23. The highest BCUT2D eigenvalue weighted by Crippen LogP contribution is 2.34. The molecule has 0 fully saturated rings. The number of halogens is 2. The molecule has 2 aromatic rings.